The third-order valence-electron chi connectivity index (χ3n) is 4.31. The number of hydrogen-bond donors (Lipinski definition) is 1. The quantitative estimate of drug-likeness (QED) is 0.790. The molecule has 0 spiro atoms. The molecule has 1 aliphatic heterocycles. The SMILES string of the molecule is Cn1cc([C@H]2OCCC[C@@H]2NCc2cnc3cnccn23)cn1. The van der Waals surface area contributed by atoms with E-state index < -0.39 is 0 Å². The van der Waals surface area contributed by atoms with Crippen molar-refractivity contribution in [2.45, 2.75) is 31.5 Å². The Hall–Kier alpha value is -2.25. The summed E-state index contributed by atoms with van der Waals surface area (Å²) in [7, 11) is 1.93. The van der Waals surface area contributed by atoms with Gasteiger partial charge in [0, 0.05) is 50.4 Å². The molecule has 0 aliphatic carbocycles. The molecule has 1 N–H and O–H groups in total. The van der Waals surface area contributed by atoms with Gasteiger partial charge in [-0.05, 0) is 12.8 Å². The number of nitrogens with zero attached hydrogens (tertiary/aromatic N) is 5. The van der Waals surface area contributed by atoms with E-state index in [4.69, 9.17) is 4.74 Å². The van der Waals surface area contributed by atoms with Gasteiger partial charge in [0.1, 0.15) is 6.10 Å². The first-order valence-electron chi connectivity index (χ1n) is 7.91. The Kier molecular flexibility index (Phi) is 3.80. The van der Waals surface area contributed by atoms with E-state index in [9.17, 15) is 0 Å². The number of fused-ring (bicyclic) bond motifs is 1. The minimum atomic E-state index is 0.0540. The zero-order valence-corrected chi connectivity index (χ0v) is 13.1. The topological polar surface area (TPSA) is 69.3 Å². The second-order valence-electron chi connectivity index (χ2n) is 5.92. The second-order valence-corrected chi connectivity index (χ2v) is 5.92. The number of hydrogen-bond acceptors (Lipinski definition) is 5. The first-order valence-corrected chi connectivity index (χ1v) is 7.91. The Balaban J connectivity index is 1.50. The Labute approximate surface area is 134 Å². The largest absolute Gasteiger partial charge is 0.372 e. The number of ether oxygens (including phenoxy) is 1. The van der Waals surface area contributed by atoms with Gasteiger partial charge in [-0.1, -0.05) is 0 Å². The van der Waals surface area contributed by atoms with Crippen LogP contribution in [0.4, 0.5) is 0 Å². The van der Waals surface area contributed by atoms with Crippen LogP contribution >= 0.6 is 0 Å². The predicted molar refractivity (Wildman–Crippen MR) is 84.7 cm³/mol. The van der Waals surface area contributed by atoms with Crippen LogP contribution < -0.4 is 5.32 Å². The Morgan fingerprint density at radius 3 is 3.17 bits per heavy atom. The van der Waals surface area contributed by atoms with E-state index in [1.54, 1.807) is 12.4 Å². The number of imidazole rings is 1. The van der Waals surface area contributed by atoms with Gasteiger partial charge in [0.15, 0.2) is 5.65 Å². The van der Waals surface area contributed by atoms with Crippen molar-refractivity contribution in [3.8, 4) is 0 Å². The first-order chi connectivity index (χ1) is 11.3. The monoisotopic (exact) mass is 312 g/mol. The maximum Gasteiger partial charge on any atom is 0.155 e. The summed E-state index contributed by atoms with van der Waals surface area (Å²) in [5.41, 5.74) is 3.12. The number of nitrogens with one attached hydrogen (secondary N) is 1. The molecule has 4 rings (SSSR count). The highest BCUT2D eigenvalue weighted by atomic mass is 16.5. The second kappa shape index (κ2) is 6.10. The highest BCUT2D eigenvalue weighted by Crippen LogP contribution is 2.28. The molecule has 2 atom stereocenters. The van der Waals surface area contributed by atoms with Crippen LogP contribution in [0.5, 0.6) is 0 Å². The van der Waals surface area contributed by atoms with E-state index in [0.29, 0.717) is 0 Å². The summed E-state index contributed by atoms with van der Waals surface area (Å²) in [6.07, 6.45) is 13.5. The van der Waals surface area contributed by atoms with Crippen LogP contribution in [0.25, 0.3) is 5.65 Å². The molecule has 0 unspecified atom stereocenters. The molecule has 0 aromatic carbocycles. The maximum absolute atomic E-state index is 6.00. The van der Waals surface area contributed by atoms with Crippen molar-refractivity contribution < 1.29 is 4.74 Å². The van der Waals surface area contributed by atoms with Gasteiger partial charge in [-0.25, -0.2) is 4.98 Å². The van der Waals surface area contributed by atoms with Crippen molar-refractivity contribution in [2.75, 3.05) is 6.61 Å². The van der Waals surface area contributed by atoms with Crippen LogP contribution in [0, 0.1) is 0 Å². The summed E-state index contributed by atoms with van der Waals surface area (Å²) >= 11 is 0. The van der Waals surface area contributed by atoms with Gasteiger partial charge in [-0.15, -0.1) is 0 Å². The molecule has 7 nitrogen and oxygen atoms in total. The third kappa shape index (κ3) is 2.85. The van der Waals surface area contributed by atoms with Gasteiger partial charge in [0.25, 0.3) is 0 Å². The fraction of sp³-hybridized carbons (Fsp3) is 0.438. The minimum Gasteiger partial charge on any atom is -0.372 e. The maximum atomic E-state index is 6.00. The molecule has 3 aromatic heterocycles. The standard InChI is InChI=1S/C16H20N6O/c1-21-11-12(7-20-21)16-14(3-2-6-23-16)18-8-13-9-19-15-10-17-4-5-22(13)15/h4-5,7,9-11,14,16,18H,2-3,6,8H2,1H3/t14-,16+/m0/s1. The van der Waals surface area contributed by atoms with Crippen molar-refractivity contribution >= 4 is 5.65 Å². The summed E-state index contributed by atoms with van der Waals surface area (Å²) < 4.78 is 9.88. The van der Waals surface area contributed by atoms with Gasteiger partial charge in [0.05, 0.1) is 24.3 Å². The molecule has 23 heavy (non-hydrogen) atoms. The zero-order valence-electron chi connectivity index (χ0n) is 13.1. The molecule has 1 fully saturated rings. The lowest BCUT2D eigenvalue weighted by molar-refractivity contribution is -0.0113. The summed E-state index contributed by atoms with van der Waals surface area (Å²) in [6.45, 7) is 1.55. The normalized spacial score (nSPS) is 21.8. The van der Waals surface area contributed by atoms with E-state index in [2.05, 4.69) is 24.8 Å². The minimum absolute atomic E-state index is 0.0540. The molecule has 3 aromatic rings. The van der Waals surface area contributed by atoms with E-state index in [1.165, 1.54) is 0 Å². The fourth-order valence-corrected chi connectivity index (χ4v) is 3.17. The molecule has 0 radical (unpaired) electrons. The highest BCUT2D eigenvalue weighted by molar-refractivity contribution is 5.36. The van der Waals surface area contributed by atoms with Crippen LogP contribution in [0.3, 0.4) is 0 Å². The van der Waals surface area contributed by atoms with E-state index >= 15 is 0 Å². The number of aryl methyl sites for hydroxylation is 1. The summed E-state index contributed by atoms with van der Waals surface area (Å²) in [4.78, 5) is 8.48. The smallest absolute Gasteiger partial charge is 0.155 e. The fourth-order valence-electron chi connectivity index (χ4n) is 3.17. The number of rotatable bonds is 4. The molecule has 7 heteroatoms. The van der Waals surface area contributed by atoms with Gasteiger partial charge in [-0.3, -0.25) is 14.1 Å². The third-order valence-corrected chi connectivity index (χ3v) is 4.31. The molecule has 0 saturated carbocycles. The lowest BCUT2D eigenvalue weighted by Crippen LogP contribution is -2.39. The molecule has 120 valence electrons. The molecule has 4 heterocycles. The zero-order chi connectivity index (χ0) is 15.6. The van der Waals surface area contributed by atoms with Gasteiger partial charge >= 0.3 is 0 Å². The van der Waals surface area contributed by atoms with E-state index in [0.717, 1.165) is 42.9 Å². The van der Waals surface area contributed by atoms with Crippen molar-refractivity contribution in [3.05, 3.63) is 48.4 Å². The average molecular weight is 312 g/mol. The van der Waals surface area contributed by atoms with E-state index in [-0.39, 0.29) is 12.1 Å². The molecular weight excluding hydrogens is 292 g/mol. The molecule has 0 bridgehead atoms. The Bertz CT molecular complexity index is 795. The predicted octanol–water partition coefficient (Wildman–Crippen LogP) is 1.47. The lowest BCUT2D eigenvalue weighted by atomic mass is 9.98. The van der Waals surface area contributed by atoms with Crippen LogP contribution in [-0.4, -0.2) is 36.8 Å². The van der Waals surface area contributed by atoms with Crippen LogP contribution in [0.15, 0.2) is 37.2 Å². The molecule has 0 amide bonds. The molecule has 1 saturated heterocycles. The molecular formula is C16H20N6O. The van der Waals surface area contributed by atoms with Gasteiger partial charge < -0.3 is 10.1 Å². The van der Waals surface area contributed by atoms with E-state index in [1.807, 2.05) is 36.5 Å². The highest BCUT2D eigenvalue weighted by Gasteiger charge is 2.28. The van der Waals surface area contributed by atoms with Crippen molar-refractivity contribution in [1.29, 1.82) is 0 Å². The van der Waals surface area contributed by atoms with Crippen molar-refractivity contribution in [1.82, 2.24) is 29.5 Å². The van der Waals surface area contributed by atoms with Crippen LogP contribution in [-0.2, 0) is 18.3 Å². The summed E-state index contributed by atoms with van der Waals surface area (Å²) in [6, 6.07) is 0.278. The molecule has 1 aliphatic rings. The average Bonchev–Trinajstić information content (AvgIpc) is 3.19. The van der Waals surface area contributed by atoms with Gasteiger partial charge in [-0.2, -0.15) is 5.10 Å². The van der Waals surface area contributed by atoms with Crippen molar-refractivity contribution in [2.24, 2.45) is 7.05 Å². The first kappa shape index (κ1) is 14.3. The summed E-state index contributed by atoms with van der Waals surface area (Å²) in [5.74, 6) is 0. The summed E-state index contributed by atoms with van der Waals surface area (Å²) in [5, 5.41) is 7.90. The lowest BCUT2D eigenvalue weighted by Gasteiger charge is -2.32. The van der Waals surface area contributed by atoms with Crippen LogP contribution in [0.2, 0.25) is 0 Å². The van der Waals surface area contributed by atoms with Crippen LogP contribution in [0.1, 0.15) is 30.2 Å². The number of aromatic nitrogens is 5. The van der Waals surface area contributed by atoms with Gasteiger partial charge in [0.2, 0.25) is 0 Å². The Morgan fingerprint density at radius 2 is 2.30 bits per heavy atom. The van der Waals surface area contributed by atoms with Crippen molar-refractivity contribution in [3.63, 3.8) is 0 Å². The Morgan fingerprint density at radius 1 is 1.35 bits per heavy atom.